The van der Waals surface area contributed by atoms with E-state index in [0.29, 0.717) is 0 Å². The second-order valence-electron chi connectivity index (χ2n) is 2.19. The standard InChI is InChI=1S/C7H10BN4/c1-2-3-6-11(9)8-12-7-4-5-10-12/h2-7H,1,9H2/p+1. The Bertz CT molecular complexity index is 254. The molecule has 0 aliphatic carbocycles. The SMILES string of the molecule is C=CC=CN([NH3+])[B]n1cccn1. The molecule has 1 radical (unpaired) electrons. The van der Waals surface area contributed by atoms with Gasteiger partial charge in [-0.2, -0.15) is 5.10 Å². The summed E-state index contributed by atoms with van der Waals surface area (Å²) in [6, 6.07) is 1.85. The molecule has 0 unspecified atom stereocenters. The van der Waals surface area contributed by atoms with Gasteiger partial charge in [0.2, 0.25) is 0 Å². The highest BCUT2D eigenvalue weighted by molar-refractivity contribution is 6.29. The van der Waals surface area contributed by atoms with E-state index in [2.05, 4.69) is 17.5 Å². The van der Waals surface area contributed by atoms with Gasteiger partial charge in [0.1, 0.15) is 0 Å². The number of aromatic nitrogens is 2. The van der Waals surface area contributed by atoms with Crippen molar-refractivity contribution < 1.29 is 5.84 Å². The van der Waals surface area contributed by atoms with E-state index < -0.39 is 0 Å². The Labute approximate surface area is 72.2 Å². The van der Waals surface area contributed by atoms with Gasteiger partial charge in [0.15, 0.2) is 0 Å². The smallest absolute Gasteiger partial charge is 0.290 e. The molecule has 5 heteroatoms. The molecule has 0 spiro atoms. The molecule has 12 heavy (non-hydrogen) atoms. The predicted molar refractivity (Wildman–Crippen MR) is 47.4 cm³/mol. The zero-order valence-electron chi connectivity index (χ0n) is 6.80. The van der Waals surface area contributed by atoms with E-state index in [9.17, 15) is 0 Å². The highest BCUT2D eigenvalue weighted by Gasteiger charge is 2.01. The number of quaternary nitrogens is 1. The quantitative estimate of drug-likeness (QED) is 0.366. The second-order valence-corrected chi connectivity index (χ2v) is 2.19. The lowest BCUT2D eigenvalue weighted by Crippen LogP contribution is -2.67. The van der Waals surface area contributed by atoms with E-state index in [0.717, 1.165) is 0 Å². The van der Waals surface area contributed by atoms with Crippen molar-refractivity contribution in [2.45, 2.75) is 0 Å². The zero-order valence-corrected chi connectivity index (χ0v) is 6.80. The Morgan fingerprint density at radius 3 is 3.08 bits per heavy atom. The van der Waals surface area contributed by atoms with E-state index in [1.54, 1.807) is 41.6 Å². The predicted octanol–water partition coefficient (Wildman–Crippen LogP) is -0.576. The van der Waals surface area contributed by atoms with Crippen molar-refractivity contribution in [3.05, 3.63) is 43.4 Å². The van der Waals surface area contributed by atoms with Crippen LogP contribution < -0.4 is 5.84 Å². The van der Waals surface area contributed by atoms with Gasteiger partial charge in [-0.15, -0.1) is 0 Å². The summed E-state index contributed by atoms with van der Waals surface area (Å²) in [6.07, 6.45) is 8.82. The fraction of sp³-hybridized carbons (Fsp3) is 0. The first-order valence-corrected chi connectivity index (χ1v) is 3.55. The Kier molecular flexibility index (Phi) is 3.16. The average Bonchev–Trinajstić information content (AvgIpc) is 2.53. The molecule has 0 saturated heterocycles. The molecule has 0 amide bonds. The molecule has 0 saturated carbocycles. The van der Waals surface area contributed by atoms with Crippen LogP contribution in [0, 0.1) is 0 Å². The van der Waals surface area contributed by atoms with Gasteiger partial charge in [-0.25, -0.2) is 0 Å². The van der Waals surface area contributed by atoms with Crippen LogP contribution >= 0.6 is 0 Å². The molecule has 1 aromatic rings. The monoisotopic (exact) mass is 162 g/mol. The molecule has 0 fully saturated rings. The lowest BCUT2D eigenvalue weighted by molar-refractivity contribution is -0.518. The third kappa shape index (κ3) is 2.63. The number of hydrogen-bond acceptors (Lipinski definition) is 2. The molecule has 0 aromatic carbocycles. The van der Waals surface area contributed by atoms with Crippen molar-refractivity contribution in [1.82, 2.24) is 14.6 Å². The minimum Gasteiger partial charge on any atom is -0.290 e. The van der Waals surface area contributed by atoms with E-state index in [4.69, 9.17) is 0 Å². The Morgan fingerprint density at radius 2 is 2.50 bits per heavy atom. The summed E-state index contributed by atoms with van der Waals surface area (Å²) in [4.78, 5) is 1.65. The van der Waals surface area contributed by atoms with Gasteiger partial charge in [-0.1, -0.05) is 12.7 Å². The van der Waals surface area contributed by atoms with Crippen LogP contribution in [0.25, 0.3) is 0 Å². The maximum atomic E-state index is 3.98. The molecule has 1 rings (SSSR count). The first-order valence-electron chi connectivity index (χ1n) is 3.55. The van der Waals surface area contributed by atoms with Crippen LogP contribution in [-0.4, -0.2) is 22.2 Å². The van der Waals surface area contributed by atoms with Crippen molar-refractivity contribution in [1.29, 1.82) is 0 Å². The molecule has 0 atom stereocenters. The normalized spacial score (nSPS) is 10.1. The summed E-state index contributed by atoms with van der Waals surface area (Å²) < 4.78 is 1.67. The fourth-order valence-electron chi connectivity index (χ4n) is 0.711. The summed E-state index contributed by atoms with van der Waals surface area (Å²) in [5.74, 6) is 3.73. The Hall–Kier alpha value is -1.49. The van der Waals surface area contributed by atoms with Crippen LogP contribution in [0.1, 0.15) is 0 Å². The molecular formula is C7H11BN4+. The molecule has 1 heterocycles. The van der Waals surface area contributed by atoms with Crippen molar-refractivity contribution in [3.63, 3.8) is 0 Å². The van der Waals surface area contributed by atoms with Crippen LogP contribution in [0.15, 0.2) is 43.4 Å². The topological polar surface area (TPSA) is 48.7 Å². The Morgan fingerprint density at radius 1 is 1.67 bits per heavy atom. The second kappa shape index (κ2) is 4.40. The molecule has 4 nitrogen and oxygen atoms in total. The van der Waals surface area contributed by atoms with E-state index >= 15 is 0 Å². The molecule has 0 aliphatic rings. The Balaban J connectivity index is 2.41. The minimum atomic E-state index is 1.65. The lowest BCUT2D eigenvalue weighted by Gasteiger charge is -2.05. The van der Waals surface area contributed by atoms with Gasteiger partial charge in [-0.05, 0) is 12.1 Å². The summed E-state index contributed by atoms with van der Waals surface area (Å²) in [7, 11) is 1.75. The van der Waals surface area contributed by atoms with Crippen molar-refractivity contribution >= 4 is 7.55 Å². The van der Waals surface area contributed by atoms with Crippen molar-refractivity contribution in [2.24, 2.45) is 0 Å². The van der Waals surface area contributed by atoms with E-state index in [-0.39, 0.29) is 0 Å². The molecule has 1 aromatic heterocycles. The van der Waals surface area contributed by atoms with Gasteiger partial charge in [0.25, 0.3) is 0 Å². The summed E-state index contributed by atoms with van der Waals surface area (Å²) in [5.41, 5.74) is 0. The first-order chi connectivity index (χ1) is 5.83. The van der Waals surface area contributed by atoms with Crippen LogP contribution in [0.2, 0.25) is 0 Å². The summed E-state index contributed by atoms with van der Waals surface area (Å²) in [5, 5.41) is 3.98. The van der Waals surface area contributed by atoms with E-state index in [1.165, 1.54) is 0 Å². The van der Waals surface area contributed by atoms with Crippen LogP contribution in [0.3, 0.4) is 0 Å². The van der Waals surface area contributed by atoms with Gasteiger partial charge < -0.3 is 0 Å². The molecule has 0 aliphatic heterocycles. The van der Waals surface area contributed by atoms with E-state index in [1.807, 2.05) is 12.3 Å². The average molecular weight is 162 g/mol. The fourth-order valence-corrected chi connectivity index (χ4v) is 0.711. The number of rotatable bonds is 4. The highest BCUT2D eigenvalue weighted by atomic mass is 15.4. The van der Waals surface area contributed by atoms with Gasteiger partial charge in [-0.3, -0.25) is 15.4 Å². The first kappa shape index (κ1) is 8.61. The number of allylic oxidation sites excluding steroid dienone is 2. The third-order valence-corrected chi connectivity index (χ3v) is 1.21. The van der Waals surface area contributed by atoms with Crippen LogP contribution in [0.5, 0.6) is 0 Å². The molecular weight excluding hydrogens is 151 g/mol. The van der Waals surface area contributed by atoms with Gasteiger partial charge >= 0.3 is 7.55 Å². The van der Waals surface area contributed by atoms with Gasteiger partial charge in [0.05, 0.1) is 0 Å². The maximum absolute atomic E-state index is 3.98. The van der Waals surface area contributed by atoms with Crippen LogP contribution in [0.4, 0.5) is 0 Å². The zero-order chi connectivity index (χ0) is 8.81. The maximum Gasteiger partial charge on any atom is 0.477 e. The summed E-state index contributed by atoms with van der Waals surface area (Å²) in [6.45, 7) is 3.55. The third-order valence-electron chi connectivity index (χ3n) is 1.21. The molecule has 0 bridgehead atoms. The van der Waals surface area contributed by atoms with Crippen LogP contribution in [-0.2, 0) is 0 Å². The highest BCUT2D eigenvalue weighted by Crippen LogP contribution is 1.82. The van der Waals surface area contributed by atoms with Crippen molar-refractivity contribution in [3.8, 4) is 0 Å². The molecule has 61 valence electrons. The van der Waals surface area contributed by atoms with Gasteiger partial charge in [0, 0.05) is 18.6 Å². The summed E-state index contributed by atoms with van der Waals surface area (Å²) >= 11 is 0. The number of hydrogen-bond donors (Lipinski definition) is 1. The molecule has 3 N–H and O–H groups in total. The minimum absolute atomic E-state index is 1.65. The largest absolute Gasteiger partial charge is 0.477 e. The number of nitrogens with zero attached hydrogens (tertiary/aromatic N) is 3. The lowest BCUT2D eigenvalue weighted by atomic mass is 10.2. The van der Waals surface area contributed by atoms with Crippen molar-refractivity contribution in [2.75, 3.05) is 0 Å².